The Morgan fingerprint density at radius 2 is 2.29 bits per heavy atom. The van der Waals surface area contributed by atoms with Crippen molar-refractivity contribution in [2.45, 2.75) is 19.3 Å². The van der Waals surface area contributed by atoms with Crippen LogP contribution in [0.3, 0.4) is 0 Å². The number of rotatable bonds is 7. The number of nitriles is 1. The van der Waals surface area contributed by atoms with Crippen LogP contribution >= 0.6 is 11.6 Å². The number of carbonyl (C=O) groups is 1. The topological polar surface area (TPSA) is 74.2 Å². The van der Waals surface area contributed by atoms with Crippen LogP contribution in [0, 0.1) is 17.2 Å². The monoisotopic (exact) mass is 307 g/mol. The van der Waals surface area contributed by atoms with Crippen molar-refractivity contribution in [2.75, 3.05) is 25.1 Å². The summed E-state index contributed by atoms with van der Waals surface area (Å²) in [6.45, 7) is 2.07. The highest BCUT2D eigenvalue weighted by atomic mass is 35.5. The van der Waals surface area contributed by atoms with E-state index < -0.39 is 0 Å². The summed E-state index contributed by atoms with van der Waals surface area (Å²) in [5.74, 6) is 0.766. The maximum absolute atomic E-state index is 11.7. The van der Waals surface area contributed by atoms with Gasteiger partial charge in [-0.15, -0.1) is 0 Å². The molecule has 21 heavy (non-hydrogen) atoms. The number of amides is 2. The number of urea groups is 1. The first kappa shape index (κ1) is 15.6. The molecule has 2 amide bonds. The molecule has 1 saturated carbocycles. The number of nitrogens with one attached hydrogen (secondary N) is 2. The Balaban J connectivity index is 1.62. The molecule has 0 unspecified atom stereocenters. The second kappa shape index (κ2) is 7.87. The molecular weight excluding hydrogens is 290 g/mol. The minimum Gasteiger partial charge on any atom is -0.381 e. The van der Waals surface area contributed by atoms with Gasteiger partial charge in [-0.25, -0.2) is 4.79 Å². The SMILES string of the molecule is N#Cc1ccc(NC(=O)NCCCOCC2CC2)cc1Cl. The summed E-state index contributed by atoms with van der Waals surface area (Å²) in [5.41, 5.74) is 0.942. The van der Waals surface area contributed by atoms with Crippen LogP contribution in [0.2, 0.25) is 5.02 Å². The molecule has 0 bridgehead atoms. The van der Waals surface area contributed by atoms with Crippen molar-refractivity contribution in [3.63, 3.8) is 0 Å². The molecule has 1 aliphatic carbocycles. The van der Waals surface area contributed by atoms with Gasteiger partial charge in [0.15, 0.2) is 0 Å². The van der Waals surface area contributed by atoms with Gasteiger partial charge in [0.25, 0.3) is 0 Å². The van der Waals surface area contributed by atoms with Crippen molar-refractivity contribution in [3.8, 4) is 6.07 Å². The second-order valence-corrected chi connectivity index (χ2v) is 5.47. The van der Waals surface area contributed by atoms with Crippen LogP contribution in [-0.2, 0) is 4.74 Å². The third kappa shape index (κ3) is 5.62. The second-order valence-electron chi connectivity index (χ2n) is 5.06. The van der Waals surface area contributed by atoms with Gasteiger partial charge in [-0.2, -0.15) is 5.26 Å². The lowest BCUT2D eigenvalue weighted by molar-refractivity contribution is 0.122. The van der Waals surface area contributed by atoms with Gasteiger partial charge in [0.2, 0.25) is 0 Å². The molecule has 1 aromatic rings. The standard InChI is InChI=1S/C15H18ClN3O2/c16-14-8-13(5-4-12(14)9-17)19-15(20)18-6-1-7-21-10-11-2-3-11/h4-5,8,11H,1-3,6-7,10H2,(H2,18,19,20). The minimum absolute atomic E-state index is 0.294. The largest absolute Gasteiger partial charge is 0.381 e. The highest BCUT2D eigenvalue weighted by molar-refractivity contribution is 6.32. The van der Waals surface area contributed by atoms with Crippen molar-refractivity contribution < 1.29 is 9.53 Å². The summed E-state index contributed by atoms with van der Waals surface area (Å²) in [6.07, 6.45) is 3.36. The maximum Gasteiger partial charge on any atom is 0.319 e. The quantitative estimate of drug-likeness (QED) is 0.760. The van der Waals surface area contributed by atoms with E-state index in [9.17, 15) is 4.79 Å². The molecule has 1 aliphatic rings. The molecule has 112 valence electrons. The third-order valence-electron chi connectivity index (χ3n) is 3.15. The Hall–Kier alpha value is -1.77. The van der Waals surface area contributed by atoms with Gasteiger partial charge >= 0.3 is 6.03 Å². The Morgan fingerprint density at radius 3 is 2.95 bits per heavy atom. The molecule has 0 saturated heterocycles. The summed E-state index contributed by atoms with van der Waals surface area (Å²) in [4.78, 5) is 11.7. The fraction of sp³-hybridized carbons (Fsp3) is 0.467. The van der Waals surface area contributed by atoms with Gasteiger partial charge in [-0.1, -0.05) is 11.6 Å². The zero-order valence-electron chi connectivity index (χ0n) is 11.7. The van der Waals surface area contributed by atoms with Gasteiger partial charge < -0.3 is 15.4 Å². The minimum atomic E-state index is -0.294. The highest BCUT2D eigenvalue weighted by Crippen LogP contribution is 2.28. The van der Waals surface area contributed by atoms with Gasteiger partial charge in [-0.3, -0.25) is 0 Å². The lowest BCUT2D eigenvalue weighted by Crippen LogP contribution is -2.30. The smallest absolute Gasteiger partial charge is 0.319 e. The van der Waals surface area contributed by atoms with Crippen molar-refractivity contribution in [3.05, 3.63) is 28.8 Å². The molecule has 0 heterocycles. The number of hydrogen-bond donors (Lipinski definition) is 2. The highest BCUT2D eigenvalue weighted by Gasteiger charge is 2.20. The molecule has 0 aromatic heterocycles. The summed E-state index contributed by atoms with van der Waals surface area (Å²) in [7, 11) is 0. The zero-order valence-corrected chi connectivity index (χ0v) is 12.4. The van der Waals surface area contributed by atoms with E-state index in [1.54, 1.807) is 18.2 Å². The Kier molecular flexibility index (Phi) is 5.85. The molecule has 1 fully saturated rings. The van der Waals surface area contributed by atoms with Crippen LogP contribution in [0.4, 0.5) is 10.5 Å². The number of anilines is 1. The Labute approximate surface area is 129 Å². The predicted molar refractivity (Wildman–Crippen MR) is 81.3 cm³/mol. The first-order valence-electron chi connectivity index (χ1n) is 7.01. The average molecular weight is 308 g/mol. The molecule has 0 radical (unpaired) electrons. The van der Waals surface area contributed by atoms with Gasteiger partial charge in [-0.05, 0) is 43.4 Å². The first-order chi connectivity index (χ1) is 10.2. The molecule has 5 nitrogen and oxygen atoms in total. The van der Waals surface area contributed by atoms with Crippen LogP contribution in [0.1, 0.15) is 24.8 Å². The number of benzene rings is 1. The number of hydrogen-bond acceptors (Lipinski definition) is 3. The van der Waals surface area contributed by atoms with E-state index in [1.165, 1.54) is 12.8 Å². The number of ether oxygens (including phenoxy) is 1. The Morgan fingerprint density at radius 1 is 1.48 bits per heavy atom. The van der Waals surface area contributed by atoms with Crippen LogP contribution in [0.5, 0.6) is 0 Å². The number of carbonyl (C=O) groups excluding carboxylic acids is 1. The zero-order chi connectivity index (χ0) is 15.1. The van der Waals surface area contributed by atoms with Gasteiger partial charge in [0, 0.05) is 25.4 Å². The fourth-order valence-corrected chi connectivity index (χ4v) is 1.99. The first-order valence-corrected chi connectivity index (χ1v) is 7.39. The number of halogens is 1. The molecule has 0 aliphatic heterocycles. The summed E-state index contributed by atoms with van der Waals surface area (Å²) in [6, 6.07) is 6.44. The maximum atomic E-state index is 11.7. The van der Waals surface area contributed by atoms with Crippen LogP contribution in [0.25, 0.3) is 0 Å². The van der Waals surface area contributed by atoms with Crippen LogP contribution < -0.4 is 10.6 Å². The lowest BCUT2D eigenvalue weighted by atomic mass is 10.2. The third-order valence-corrected chi connectivity index (χ3v) is 3.46. The normalized spacial score (nSPS) is 13.5. The van der Waals surface area contributed by atoms with Gasteiger partial charge in [0.05, 0.1) is 10.6 Å². The van der Waals surface area contributed by atoms with E-state index in [-0.39, 0.29) is 6.03 Å². The summed E-state index contributed by atoms with van der Waals surface area (Å²) < 4.78 is 5.48. The summed E-state index contributed by atoms with van der Waals surface area (Å²) >= 11 is 5.89. The van der Waals surface area contributed by atoms with E-state index in [0.717, 1.165) is 18.9 Å². The van der Waals surface area contributed by atoms with E-state index in [2.05, 4.69) is 10.6 Å². The van der Waals surface area contributed by atoms with Crippen LogP contribution in [-0.4, -0.2) is 25.8 Å². The van der Waals surface area contributed by atoms with Crippen molar-refractivity contribution in [2.24, 2.45) is 5.92 Å². The average Bonchev–Trinajstić information content (AvgIpc) is 3.27. The summed E-state index contributed by atoms with van der Waals surface area (Å²) in [5, 5.41) is 14.5. The van der Waals surface area contributed by atoms with E-state index in [1.807, 2.05) is 6.07 Å². The lowest BCUT2D eigenvalue weighted by Gasteiger charge is -2.08. The van der Waals surface area contributed by atoms with Gasteiger partial charge in [0.1, 0.15) is 6.07 Å². The van der Waals surface area contributed by atoms with Crippen LogP contribution in [0.15, 0.2) is 18.2 Å². The predicted octanol–water partition coefficient (Wildman–Crippen LogP) is 3.15. The van der Waals surface area contributed by atoms with Crippen molar-refractivity contribution in [1.82, 2.24) is 5.32 Å². The molecular formula is C15H18ClN3O2. The molecule has 2 rings (SSSR count). The molecule has 0 spiro atoms. The van der Waals surface area contributed by atoms with E-state index in [4.69, 9.17) is 21.6 Å². The van der Waals surface area contributed by atoms with E-state index >= 15 is 0 Å². The van der Waals surface area contributed by atoms with E-state index in [0.29, 0.717) is 29.4 Å². The number of nitrogens with zero attached hydrogens (tertiary/aromatic N) is 1. The molecule has 1 aromatic carbocycles. The fourth-order valence-electron chi connectivity index (χ4n) is 1.77. The Bertz CT molecular complexity index is 538. The van der Waals surface area contributed by atoms with Crippen molar-refractivity contribution in [1.29, 1.82) is 5.26 Å². The molecule has 6 heteroatoms. The molecule has 2 N–H and O–H groups in total. The van der Waals surface area contributed by atoms with Crippen molar-refractivity contribution >= 4 is 23.3 Å². The molecule has 0 atom stereocenters.